The van der Waals surface area contributed by atoms with Gasteiger partial charge < -0.3 is 41.7 Å². The highest BCUT2D eigenvalue weighted by atomic mass is 16.2. The fourth-order valence-electron chi connectivity index (χ4n) is 12.3. The lowest BCUT2D eigenvalue weighted by Crippen LogP contribution is -2.59. The van der Waals surface area contributed by atoms with E-state index < -0.39 is 58.9 Å². The molecule has 2 heterocycles. The second kappa shape index (κ2) is 24.9. The number of nitrogens with one attached hydrogen (secondary N) is 6. The van der Waals surface area contributed by atoms with Crippen LogP contribution >= 0.6 is 0 Å². The highest BCUT2D eigenvalue weighted by Crippen LogP contribution is 2.37. The third-order valence-corrected chi connectivity index (χ3v) is 17.4. The van der Waals surface area contributed by atoms with Crippen molar-refractivity contribution in [3.63, 3.8) is 0 Å². The van der Waals surface area contributed by atoms with Crippen molar-refractivity contribution in [1.82, 2.24) is 41.7 Å². The van der Waals surface area contributed by atoms with E-state index in [0.29, 0.717) is 16.5 Å². The maximum atomic E-state index is 14.8. The zero-order chi connectivity index (χ0) is 57.8. The fraction of sp³-hybridized carbons (Fsp3) is 0.531. The van der Waals surface area contributed by atoms with Crippen LogP contribution in [-0.2, 0) is 41.6 Å². The first-order valence-corrected chi connectivity index (χ1v) is 28.9. The van der Waals surface area contributed by atoms with Crippen LogP contribution in [0.1, 0.15) is 162 Å². The molecule has 428 valence electrons. The van der Waals surface area contributed by atoms with Crippen LogP contribution in [-0.4, -0.2) is 120 Å². The van der Waals surface area contributed by atoms with Gasteiger partial charge in [-0.2, -0.15) is 0 Å². The lowest BCUT2D eigenvalue weighted by Gasteiger charge is -2.36. The van der Waals surface area contributed by atoms with Crippen LogP contribution in [0.5, 0.6) is 0 Å². The maximum absolute atomic E-state index is 14.8. The summed E-state index contributed by atoms with van der Waals surface area (Å²) < 4.78 is 0. The van der Waals surface area contributed by atoms with Crippen molar-refractivity contribution in [1.29, 1.82) is 0 Å². The van der Waals surface area contributed by atoms with Gasteiger partial charge in [-0.25, -0.2) is 0 Å². The lowest BCUT2D eigenvalue weighted by atomic mass is 9.76. The second-order valence-corrected chi connectivity index (χ2v) is 25.1. The Morgan fingerprint density at radius 2 is 1.14 bits per heavy atom. The number of nitrogens with zero attached hydrogens (tertiary/aromatic N) is 2. The number of hydrogen-bond acceptors (Lipinski definition) is 10. The summed E-state index contributed by atoms with van der Waals surface area (Å²) in [6.45, 7) is 15.1. The van der Waals surface area contributed by atoms with E-state index in [1.165, 1.54) is 11.1 Å². The molecule has 2 saturated heterocycles. The van der Waals surface area contributed by atoms with Crippen molar-refractivity contribution in [3.05, 3.63) is 118 Å². The Hall–Kier alpha value is -6.78. The topological polar surface area (TPSA) is 215 Å². The minimum atomic E-state index is -0.950. The minimum absolute atomic E-state index is 0.00786. The molecular formula is C64H84N8O8. The highest BCUT2D eigenvalue weighted by Gasteiger charge is 2.48. The molecule has 4 aromatic carbocycles. The molecule has 6 amide bonds. The van der Waals surface area contributed by atoms with Gasteiger partial charge in [0, 0.05) is 49.0 Å². The van der Waals surface area contributed by atoms with E-state index in [1.54, 1.807) is 62.0 Å². The van der Waals surface area contributed by atoms with Crippen LogP contribution < -0.4 is 31.9 Å². The standard InChI is InChI=1S/C64H84N8O8/c1-37(65-9)54(73)34-49(63(3,4)5)61(79)72-36-46(33-53(72)60(78)69-51-24-16-20-42-18-12-14-22-48(42)51)67-58(76)44-28-26-40-25-27-43(31-45(40)32-44)55(74)30-39-29-52(59(77)68-50-23-15-19-41-17-11-13-21-47(41)50)71(35-39)62(80)56(64(6,7)8)70-57(75)38(2)66-10/h11-14,17-18,21-22,25-28,31-32,37-39,46,49-53,56,65-66H,15-16,19-20,23-24,29-30,33-36H2,1-10H3,(H,67,76)(H,68,77)(H,69,78)(H,70,75)/t37-,38-,39+,46-,49+,50+,51+,52-,53-,56+/m0/s1. The smallest absolute Gasteiger partial charge is 0.251 e. The maximum Gasteiger partial charge on any atom is 0.251 e. The van der Waals surface area contributed by atoms with Crippen LogP contribution in [0.2, 0.25) is 0 Å². The molecule has 4 aromatic rings. The number of fused-ring (bicyclic) bond motifs is 3. The molecule has 16 heteroatoms. The van der Waals surface area contributed by atoms with E-state index in [0.717, 1.165) is 55.0 Å². The molecule has 6 N–H and O–H groups in total. The summed E-state index contributed by atoms with van der Waals surface area (Å²) in [6, 6.07) is 22.0. The van der Waals surface area contributed by atoms with Crippen LogP contribution in [0, 0.1) is 22.7 Å². The van der Waals surface area contributed by atoms with Crippen molar-refractivity contribution in [2.24, 2.45) is 22.7 Å². The number of amides is 6. The summed E-state index contributed by atoms with van der Waals surface area (Å²) in [5.74, 6) is -3.43. The van der Waals surface area contributed by atoms with E-state index >= 15 is 0 Å². The first kappa shape index (κ1) is 59.3. The van der Waals surface area contributed by atoms with Crippen molar-refractivity contribution in [2.75, 3.05) is 27.2 Å². The number of rotatable bonds is 18. The summed E-state index contributed by atoms with van der Waals surface area (Å²) in [5, 5.41) is 20.0. The average molecular weight is 1090 g/mol. The third kappa shape index (κ3) is 13.5. The van der Waals surface area contributed by atoms with E-state index in [-0.39, 0.29) is 97.9 Å². The molecule has 0 spiro atoms. The zero-order valence-corrected chi connectivity index (χ0v) is 48.5. The summed E-state index contributed by atoms with van der Waals surface area (Å²) in [5.41, 5.74) is 3.91. The summed E-state index contributed by atoms with van der Waals surface area (Å²) in [6.07, 6.45) is 5.63. The monoisotopic (exact) mass is 1090 g/mol. The molecule has 0 radical (unpaired) electrons. The molecular weight excluding hydrogens is 1010 g/mol. The van der Waals surface area contributed by atoms with Crippen molar-refractivity contribution < 1.29 is 38.4 Å². The van der Waals surface area contributed by atoms with E-state index in [9.17, 15) is 38.4 Å². The van der Waals surface area contributed by atoms with Gasteiger partial charge in [-0.1, -0.05) is 108 Å². The van der Waals surface area contributed by atoms with Crippen LogP contribution in [0.25, 0.3) is 10.8 Å². The SMILES string of the molecule is CN[C@@H](C)C(=O)C[C@H](C(=O)N1C[C@@H](NC(=O)c2ccc3ccc(C(=O)C[C@H]4C[C@@H](C(=O)N[C@@H]5CCCc6ccccc65)N(C(=O)[C@@H](NC(=O)[C@H](C)NC)C(C)(C)C)C4)cc3c2)C[C@H]1C(=O)N[C@@H]1CCCc2ccccc21)C(C)(C)C. The molecule has 0 unspecified atom stereocenters. The molecule has 80 heavy (non-hydrogen) atoms. The number of ketones is 2. The number of benzene rings is 4. The normalized spacial score (nSPS) is 22.5. The van der Waals surface area contributed by atoms with Gasteiger partial charge in [-0.15, -0.1) is 0 Å². The van der Waals surface area contributed by atoms with E-state index in [1.807, 2.05) is 90.1 Å². The Kier molecular flexibility index (Phi) is 18.5. The number of carbonyl (C=O) groups excluding carboxylic acids is 8. The highest BCUT2D eigenvalue weighted by molar-refractivity contribution is 6.03. The Bertz CT molecular complexity index is 2800. The van der Waals surface area contributed by atoms with Crippen LogP contribution in [0.15, 0.2) is 84.9 Å². The number of Topliss-reactive ketones (excluding diaryl/α,β-unsaturated/α-hetero) is 2. The number of likely N-dealkylation sites (N-methyl/N-ethyl adjacent to an activating group) is 2. The molecule has 10 atom stereocenters. The minimum Gasteiger partial charge on any atom is -0.347 e. The molecule has 4 aliphatic rings. The van der Waals surface area contributed by atoms with Crippen LogP contribution in [0.3, 0.4) is 0 Å². The lowest BCUT2D eigenvalue weighted by molar-refractivity contribution is -0.146. The average Bonchev–Trinajstić information content (AvgIpc) is 4.11. The van der Waals surface area contributed by atoms with Crippen molar-refractivity contribution in [2.45, 2.75) is 168 Å². The van der Waals surface area contributed by atoms with Gasteiger partial charge in [-0.3, -0.25) is 38.4 Å². The summed E-state index contributed by atoms with van der Waals surface area (Å²) in [7, 11) is 3.37. The predicted octanol–water partition coefficient (Wildman–Crippen LogP) is 7.08. The quantitative estimate of drug-likeness (QED) is 0.0557. The molecule has 0 aromatic heterocycles. The Labute approximate surface area is 472 Å². The molecule has 8 rings (SSSR count). The summed E-state index contributed by atoms with van der Waals surface area (Å²) in [4.78, 5) is 117. The Morgan fingerprint density at radius 3 is 1.70 bits per heavy atom. The van der Waals surface area contributed by atoms with E-state index in [4.69, 9.17) is 0 Å². The number of likely N-dealkylation sites (tertiary alicyclic amines) is 2. The third-order valence-electron chi connectivity index (χ3n) is 17.4. The van der Waals surface area contributed by atoms with Gasteiger partial charge in [0.1, 0.15) is 23.9 Å². The molecule has 0 bridgehead atoms. The Balaban J connectivity index is 0.998. The second-order valence-electron chi connectivity index (χ2n) is 25.1. The van der Waals surface area contributed by atoms with Gasteiger partial charge in [0.25, 0.3) is 5.91 Å². The van der Waals surface area contributed by atoms with Crippen molar-refractivity contribution in [3.8, 4) is 0 Å². The number of hydrogen-bond donors (Lipinski definition) is 6. The van der Waals surface area contributed by atoms with Crippen LogP contribution in [0.4, 0.5) is 0 Å². The molecule has 2 aliphatic heterocycles. The predicted molar refractivity (Wildman–Crippen MR) is 309 cm³/mol. The molecule has 16 nitrogen and oxygen atoms in total. The first-order chi connectivity index (χ1) is 37.9. The number of carbonyl (C=O) groups is 8. The van der Waals surface area contributed by atoms with Gasteiger partial charge in [0.15, 0.2) is 5.78 Å². The largest absolute Gasteiger partial charge is 0.347 e. The Morgan fingerprint density at radius 1 is 0.600 bits per heavy atom. The van der Waals surface area contributed by atoms with Gasteiger partial charge in [0.2, 0.25) is 29.5 Å². The van der Waals surface area contributed by atoms with Crippen molar-refractivity contribution >= 4 is 57.8 Å². The van der Waals surface area contributed by atoms with Gasteiger partial charge >= 0.3 is 0 Å². The summed E-state index contributed by atoms with van der Waals surface area (Å²) >= 11 is 0. The zero-order valence-electron chi connectivity index (χ0n) is 48.5. The number of aryl methyl sites for hydroxylation is 2. The first-order valence-electron chi connectivity index (χ1n) is 28.9. The fourth-order valence-corrected chi connectivity index (χ4v) is 12.3. The molecule has 0 saturated carbocycles. The van der Waals surface area contributed by atoms with Gasteiger partial charge in [0.05, 0.1) is 24.2 Å². The van der Waals surface area contributed by atoms with E-state index in [2.05, 4.69) is 44.0 Å². The molecule has 2 aliphatic carbocycles. The molecule has 2 fully saturated rings. The van der Waals surface area contributed by atoms with Gasteiger partial charge in [-0.05, 0) is 147 Å².